The van der Waals surface area contributed by atoms with Gasteiger partial charge in [0.25, 0.3) is 0 Å². The zero-order chi connectivity index (χ0) is 16.8. The quantitative estimate of drug-likeness (QED) is 0.822. The van der Waals surface area contributed by atoms with Gasteiger partial charge in [-0.1, -0.05) is 49.4 Å². The summed E-state index contributed by atoms with van der Waals surface area (Å²) in [5.41, 5.74) is 4.08. The summed E-state index contributed by atoms with van der Waals surface area (Å²) in [6.07, 6.45) is 3.73. The Hall–Kier alpha value is -1.84. The summed E-state index contributed by atoms with van der Waals surface area (Å²) in [4.78, 5) is 0. The first-order chi connectivity index (χ1) is 11.8. The van der Waals surface area contributed by atoms with Gasteiger partial charge in [-0.3, -0.25) is 0 Å². The van der Waals surface area contributed by atoms with E-state index in [9.17, 15) is 5.11 Å². The summed E-state index contributed by atoms with van der Waals surface area (Å²) >= 11 is 0. The zero-order valence-corrected chi connectivity index (χ0v) is 14.4. The molecule has 0 aliphatic heterocycles. The number of rotatable bonds is 7. The minimum absolute atomic E-state index is 0.327. The standard InChI is InChI=1S/C21H27NO2/c1-2-16-7-5-6-10-21(16)24-15-20(23)14-22-19-12-11-17-8-3-4-9-18(17)13-19/h3-10,19-20,22-23H,2,11-15H2,1H3/t19-,20-/m0/s1. The van der Waals surface area contributed by atoms with Gasteiger partial charge >= 0.3 is 0 Å². The minimum atomic E-state index is -0.493. The van der Waals surface area contributed by atoms with Crippen molar-refractivity contribution in [2.45, 2.75) is 44.8 Å². The summed E-state index contributed by atoms with van der Waals surface area (Å²) in [5.74, 6) is 0.880. The fourth-order valence-electron chi connectivity index (χ4n) is 3.36. The van der Waals surface area contributed by atoms with E-state index in [1.165, 1.54) is 16.7 Å². The summed E-state index contributed by atoms with van der Waals surface area (Å²) in [6, 6.07) is 17.1. The Balaban J connectivity index is 1.44. The Morgan fingerprint density at radius 1 is 1.12 bits per heavy atom. The van der Waals surface area contributed by atoms with Crippen LogP contribution in [0, 0.1) is 0 Å². The van der Waals surface area contributed by atoms with Crippen LogP contribution in [0.25, 0.3) is 0 Å². The van der Waals surface area contributed by atoms with Crippen LogP contribution in [0.1, 0.15) is 30.0 Å². The maximum absolute atomic E-state index is 10.2. The molecule has 1 aliphatic carbocycles. The van der Waals surface area contributed by atoms with Crippen LogP contribution in [0.15, 0.2) is 48.5 Å². The first kappa shape index (κ1) is 17.0. The molecule has 3 rings (SSSR count). The van der Waals surface area contributed by atoms with Gasteiger partial charge in [-0.2, -0.15) is 0 Å². The number of benzene rings is 2. The lowest BCUT2D eigenvalue weighted by molar-refractivity contribution is 0.102. The molecule has 2 aromatic carbocycles. The van der Waals surface area contributed by atoms with Crippen LogP contribution >= 0.6 is 0 Å². The number of aliphatic hydroxyl groups is 1. The van der Waals surface area contributed by atoms with Crippen molar-refractivity contribution >= 4 is 0 Å². The molecule has 0 saturated heterocycles. The Bertz CT molecular complexity index is 656. The van der Waals surface area contributed by atoms with E-state index in [1.54, 1.807) is 0 Å². The predicted molar refractivity (Wildman–Crippen MR) is 97.6 cm³/mol. The molecule has 2 atom stereocenters. The monoisotopic (exact) mass is 325 g/mol. The number of fused-ring (bicyclic) bond motifs is 1. The Morgan fingerprint density at radius 3 is 2.71 bits per heavy atom. The fraction of sp³-hybridized carbons (Fsp3) is 0.429. The molecule has 1 aliphatic rings. The lowest BCUT2D eigenvalue weighted by Gasteiger charge is -2.26. The molecule has 128 valence electrons. The Labute approximate surface area is 144 Å². The van der Waals surface area contributed by atoms with Crippen LogP contribution in [0.4, 0.5) is 0 Å². The number of ether oxygens (including phenoxy) is 1. The van der Waals surface area contributed by atoms with E-state index in [0.29, 0.717) is 19.2 Å². The van der Waals surface area contributed by atoms with Crippen LogP contribution in [-0.4, -0.2) is 30.4 Å². The molecule has 0 fully saturated rings. The third-order valence-corrected chi connectivity index (χ3v) is 4.77. The maximum atomic E-state index is 10.2. The van der Waals surface area contributed by atoms with E-state index in [-0.39, 0.29) is 0 Å². The second-order valence-corrected chi connectivity index (χ2v) is 6.54. The molecule has 0 radical (unpaired) electrons. The van der Waals surface area contributed by atoms with Crippen molar-refractivity contribution in [3.63, 3.8) is 0 Å². The van der Waals surface area contributed by atoms with E-state index < -0.39 is 6.10 Å². The van der Waals surface area contributed by atoms with E-state index in [4.69, 9.17) is 4.74 Å². The fourth-order valence-corrected chi connectivity index (χ4v) is 3.36. The highest BCUT2D eigenvalue weighted by atomic mass is 16.5. The van der Waals surface area contributed by atoms with Gasteiger partial charge in [0.15, 0.2) is 0 Å². The third kappa shape index (κ3) is 4.37. The van der Waals surface area contributed by atoms with Crippen LogP contribution < -0.4 is 10.1 Å². The molecule has 2 N–H and O–H groups in total. The minimum Gasteiger partial charge on any atom is -0.491 e. The summed E-state index contributed by atoms with van der Waals surface area (Å²) in [6.45, 7) is 3.01. The van der Waals surface area contributed by atoms with Crippen molar-refractivity contribution in [1.82, 2.24) is 5.32 Å². The number of nitrogens with one attached hydrogen (secondary N) is 1. The van der Waals surface area contributed by atoms with Crippen molar-refractivity contribution in [1.29, 1.82) is 0 Å². The molecule has 0 spiro atoms. The third-order valence-electron chi connectivity index (χ3n) is 4.77. The first-order valence-electron chi connectivity index (χ1n) is 8.95. The largest absolute Gasteiger partial charge is 0.491 e. The smallest absolute Gasteiger partial charge is 0.122 e. The van der Waals surface area contributed by atoms with Crippen LogP contribution in [0.3, 0.4) is 0 Å². The molecule has 0 saturated carbocycles. The summed E-state index contributed by atoms with van der Waals surface area (Å²) in [7, 11) is 0. The van der Waals surface area contributed by atoms with Crippen molar-refractivity contribution < 1.29 is 9.84 Å². The highest BCUT2D eigenvalue weighted by Crippen LogP contribution is 2.21. The van der Waals surface area contributed by atoms with E-state index in [2.05, 4.69) is 42.6 Å². The maximum Gasteiger partial charge on any atom is 0.122 e. The van der Waals surface area contributed by atoms with Crippen LogP contribution in [0.2, 0.25) is 0 Å². The predicted octanol–water partition coefficient (Wildman–Crippen LogP) is 3.14. The molecule has 0 amide bonds. The molecule has 2 aromatic rings. The molecule has 3 heteroatoms. The van der Waals surface area contributed by atoms with E-state index >= 15 is 0 Å². The number of aryl methyl sites for hydroxylation is 2. The van der Waals surface area contributed by atoms with E-state index in [0.717, 1.165) is 31.4 Å². The van der Waals surface area contributed by atoms with E-state index in [1.807, 2.05) is 18.2 Å². The van der Waals surface area contributed by atoms with Gasteiger partial charge in [0.05, 0.1) is 0 Å². The highest BCUT2D eigenvalue weighted by molar-refractivity contribution is 5.33. The number of hydrogen-bond donors (Lipinski definition) is 2. The molecule has 24 heavy (non-hydrogen) atoms. The molecule has 0 heterocycles. The lowest BCUT2D eigenvalue weighted by Crippen LogP contribution is -2.40. The Morgan fingerprint density at radius 2 is 1.88 bits per heavy atom. The SMILES string of the molecule is CCc1ccccc1OC[C@@H](O)CN[C@H]1CCc2ccccc2C1. The molecular weight excluding hydrogens is 298 g/mol. The number of hydrogen-bond acceptors (Lipinski definition) is 3. The zero-order valence-electron chi connectivity index (χ0n) is 14.4. The first-order valence-corrected chi connectivity index (χ1v) is 8.95. The lowest BCUT2D eigenvalue weighted by atomic mass is 9.88. The van der Waals surface area contributed by atoms with Gasteiger partial charge in [-0.05, 0) is 48.4 Å². The summed E-state index contributed by atoms with van der Waals surface area (Å²) < 4.78 is 5.80. The van der Waals surface area contributed by atoms with Gasteiger partial charge in [-0.15, -0.1) is 0 Å². The molecule has 0 unspecified atom stereocenters. The summed E-state index contributed by atoms with van der Waals surface area (Å²) in [5, 5.41) is 13.7. The topological polar surface area (TPSA) is 41.5 Å². The van der Waals surface area contributed by atoms with Crippen molar-refractivity contribution in [2.75, 3.05) is 13.2 Å². The number of aliphatic hydroxyl groups excluding tert-OH is 1. The average molecular weight is 325 g/mol. The normalized spacial score (nSPS) is 18.0. The molecule has 3 nitrogen and oxygen atoms in total. The van der Waals surface area contributed by atoms with Crippen LogP contribution in [-0.2, 0) is 19.3 Å². The van der Waals surface area contributed by atoms with Gasteiger partial charge < -0.3 is 15.2 Å². The average Bonchev–Trinajstić information content (AvgIpc) is 2.64. The molecular formula is C21H27NO2. The van der Waals surface area contributed by atoms with Gasteiger partial charge in [-0.25, -0.2) is 0 Å². The highest BCUT2D eigenvalue weighted by Gasteiger charge is 2.18. The van der Waals surface area contributed by atoms with Crippen LogP contribution in [0.5, 0.6) is 5.75 Å². The van der Waals surface area contributed by atoms with Gasteiger partial charge in [0, 0.05) is 12.6 Å². The van der Waals surface area contributed by atoms with Crippen molar-refractivity contribution in [3.05, 3.63) is 65.2 Å². The van der Waals surface area contributed by atoms with Gasteiger partial charge in [0.2, 0.25) is 0 Å². The van der Waals surface area contributed by atoms with Crippen molar-refractivity contribution in [2.24, 2.45) is 0 Å². The molecule has 0 bridgehead atoms. The second kappa shape index (κ2) is 8.32. The Kier molecular flexibility index (Phi) is 5.89. The second-order valence-electron chi connectivity index (χ2n) is 6.54. The molecule has 0 aromatic heterocycles. The van der Waals surface area contributed by atoms with Crippen molar-refractivity contribution in [3.8, 4) is 5.75 Å². The number of para-hydroxylation sites is 1. The van der Waals surface area contributed by atoms with Gasteiger partial charge in [0.1, 0.15) is 18.5 Å².